The molecule has 1 N–H and O–H groups in total. The maximum absolute atomic E-state index is 13.2. The van der Waals surface area contributed by atoms with E-state index < -0.39 is 0 Å². The second kappa shape index (κ2) is 7.32. The van der Waals surface area contributed by atoms with Crippen molar-refractivity contribution in [3.8, 4) is 0 Å². The summed E-state index contributed by atoms with van der Waals surface area (Å²) in [5.74, 6) is -0.113. The molecule has 0 radical (unpaired) electrons. The zero-order valence-electron chi connectivity index (χ0n) is 18.5. The lowest BCUT2D eigenvalue weighted by molar-refractivity contribution is -0.117. The van der Waals surface area contributed by atoms with E-state index in [1.54, 1.807) is 6.20 Å². The van der Waals surface area contributed by atoms with Gasteiger partial charge in [-0.1, -0.05) is 18.2 Å². The zero-order valence-corrected chi connectivity index (χ0v) is 18.5. The number of benzene rings is 1. The Morgan fingerprint density at radius 1 is 1.03 bits per heavy atom. The van der Waals surface area contributed by atoms with E-state index in [1.165, 1.54) is 0 Å². The number of urea groups is 1. The Kier molecular flexibility index (Phi) is 5.32. The summed E-state index contributed by atoms with van der Waals surface area (Å²) < 4.78 is 0. The highest BCUT2D eigenvalue weighted by molar-refractivity contribution is 6.00. The van der Waals surface area contributed by atoms with E-state index in [1.807, 2.05) is 88.6 Å². The number of pyridine rings is 1. The lowest BCUT2D eigenvalue weighted by Crippen LogP contribution is -2.50. The van der Waals surface area contributed by atoms with Gasteiger partial charge in [0.1, 0.15) is 0 Å². The van der Waals surface area contributed by atoms with Crippen molar-refractivity contribution in [2.75, 3.05) is 5.32 Å². The van der Waals surface area contributed by atoms with Crippen LogP contribution in [0.2, 0.25) is 0 Å². The molecule has 0 spiro atoms. The van der Waals surface area contributed by atoms with Crippen molar-refractivity contribution in [2.24, 2.45) is 0 Å². The fourth-order valence-corrected chi connectivity index (χ4v) is 4.36. The first kappa shape index (κ1) is 21.1. The molecule has 0 aliphatic carbocycles. The van der Waals surface area contributed by atoms with Crippen molar-refractivity contribution in [1.82, 2.24) is 14.8 Å². The van der Waals surface area contributed by atoms with Crippen LogP contribution in [-0.2, 0) is 4.79 Å². The number of aromatic nitrogens is 1. The summed E-state index contributed by atoms with van der Waals surface area (Å²) >= 11 is 0. The first-order valence-corrected chi connectivity index (χ1v) is 10.2. The van der Waals surface area contributed by atoms with Gasteiger partial charge in [0.05, 0.1) is 23.3 Å². The fourth-order valence-electron chi connectivity index (χ4n) is 4.36. The summed E-state index contributed by atoms with van der Waals surface area (Å²) in [7, 11) is 0. The van der Waals surface area contributed by atoms with Crippen molar-refractivity contribution in [2.45, 2.75) is 78.0 Å². The Morgan fingerprint density at radius 3 is 2.28 bits per heavy atom. The molecular formula is C23H32N4O2. The average molecular weight is 397 g/mol. The monoisotopic (exact) mass is 396 g/mol. The molecule has 3 amide bonds. The van der Waals surface area contributed by atoms with Gasteiger partial charge in [0.15, 0.2) is 0 Å². The number of carbonyl (C=O) groups excluding carboxylic acids is 2. The molecule has 1 aromatic heterocycles. The van der Waals surface area contributed by atoms with Gasteiger partial charge >= 0.3 is 6.03 Å². The maximum atomic E-state index is 13.2. The summed E-state index contributed by atoms with van der Waals surface area (Å²) in [6.45, 7) is 14.2. The SMILES string of the molecule is CC1C(CC(=O)Nc2cccc3cccnc23)N(C(C)(C)C)C(=O)N1C(C)(C)C. The van der Waals surface area contributed by atoms with Gasteiger partial charge in [-0.15, -0.1) is 0 Å². The summed E-state index contributed by atoms with van der Waals surface area (Å²) in [4.78, 5) is 34.4. The van der Waals surface area contributed by atoms with E-state index >= 15 is 0 Å². The van der Waals surface area contributed by atoms with Gasteiger partial charge in [-0.3, -0.25) is 9.78 Å². The molecule has 0 bridgehead atoms. The van der Waals surface area contributed by atoms with Crippen molar-refractivity contribution < 1.29 is 9.59 Å². The molecule has 2 aromatic rings. The molecule has 6 nitrogen and oxygen atoms in total. The van der Waals surface area contributed by atoms with E-state index in [0.29, 0.717) is 5.69 Å². The van der Waals surface area contributed by atoms with Crippen LogP contribution >= 0.6 is 0 Å². The average Bonchev–Trinajstić information content (AvgIpc) is 2.85. The second-order valence-electron chi connectivity index (χ2n) is 9.81. The molecular weight excluding hydrogens is 364 g/mol. The largest absolute Gasteiger partial charge is 0.324 e. The van der Waals surface area contributed by atoms with Crippen molar-refractivity contribution in [1.29, 1.82) is 0 Å². The number of para-hydroxylation sites is 1. The number of nitrogens with one attached hydrogen (secondary N) is 1. The number of rotatable bonds is 3. The predicted octanol–water partition coefficient (Wildman–Crippen LogP) is 4.66. The zero-order chi connectivity index (χ0) is 21.6. The molecule has 1 fully saturated rings. The van der Waals surface area contributed by atoms with Gasteiger partial charge in [0.2, 0.25) is 5.91 Å². The van der Waals surface area contributed by atoms with E-state index in [-0.39, 0.29) is 41.5 Å². The van der Waals surface area contributed by atoms with Gasteiger partial charge < -0.3 is 15.1 Å². The fraction of sp³-hybridized carbons (Fsp3) is 0.522. The highest BCUT2D eigenvalue weighted by Crippen LogP contribution is 2.36. The molecule has 2 unspecified atom stereocenters. The Labute approximate surface area is 173 Å². The minimum Gasteiger partial charge on any atom is -0.324 e. The Balaban J connectivity index is 1.86. The summed E-state index contributed by atoms with van der Waals surface area (Å²) in [6, 6.07) is 9.30. The molecule has 1 aliphatic heterocycles. The van der Waals surface area contributed by atoms with E-state index in [0.717, 1.165) is 10.9 Å². The first-order chi connectivity index (χ1) is 13.4. The van der Waals surface area contributed by atoms with Gasteiger partial charge in [0, 0.05) is 29.1 Å². The Morgan fingerprint density at radius 2 is 1.66 bits per heavy atom. The van der Waals surface area contributed by atoms with Crippen molar-refractivity contribution in [3.63, 3.8) is 0 Å². The molecule has 2 heterocycles. The van der Waals surface area contributed by atoms with Crippen LogP contribution in [0, 0.1) is 0 Å². The number of hydrogen-bond acceptors (Lipinski definition) is 3. The van der Waals surface area contributed by atoms with Crippen LogP contribution in [0.3, 0.4) is 0 Å². The third-order valence-corrected chi connectivity index (χ3v) is 5.45. The molecule has 1 aliphatic rings. The first-order valence-electron chi connectivity index (χ1n) is 10.2. The Hall–Kier alpha value is -2.63. The Bertz CT molecular complexity index is 921. The van der Waals surface area contributed by atoms with Gasteiger partial charge in [-0.25, -0.2) is 4.79 Å². The lowest BCUT2D eigenvalue weighted by Gasteiger charge is -2.37. The van der Waals surface area contributed by atoms with Gasteiger partial charge in [0.25, 0.3) is 0 Å². The van der Waals surface area contributed by atoms with Gasteiger partial charge in [-0.2, -0.15) is 0 Å². The van der Waals surface area contributed by atoms with Crippen molar-refractivity contribution >= 4 is 28.5 Å². The normalized spacial score (nSPS) is 20.4. The standard InChI is InChI=1S/C23H32N4O2/c1-15-18(27(23(5,6)7)21(29)26(15)22(2,3)4)14-19(28)25-17-12-8-10-16-11-9-13-24-20(16)17/h8-13,15,18H,14H2,1-7H3,(H,25,28). The topological polar surface area (TPSA) is 65.5 Å². The quantitative estimate of drug-likeness (QED) is 0.821. The summed E-state index contributed by atoms with van der Waals surface area (Å²) in [6.07, 6.45) is 1.96. The third-order valence-electron chi connectivity index (χ3n) is 5.45. The third kappa shape index (κ3) is 4.07. The maximum Gasteiger partial charge on any atom is 0.321 e. The summed E-state index contributed by atoms with van der Waals surface area (Å²) in [5, 5.41) is 3.99. The minimum absolute atomic E-state index is 0.0119. The van der Waals surface area contributed by atoms with Crippen LogP contribution in [0.5, 0.6) is 0 Å². The highest BCUT2D eigenvalue weighted by Gasteiger charge is 2.51. The van der Waals surface area contributed by atoms with Crippen molar-refractivity contribution in [3.05, 3.63) is 36.5 Å². The van der Waals surface area contributed by atoms with Crippen LogP contribution in [0.15, 0.2) is 36.5 Å². The van der Waals surface area contributed by atoms with Crippen LogP contribution in [0.4, 0.5) is 10.5 Å². The molecule has 156 valence electrons. The number of anilines is 1. The predicted molar refractivity (Wildman–Crippen MR) is 117 cm³/mol. The van der Waals surface area contributed by atoms with Crippen LogP contribution < -0.4 is 5.32 Å². The van der Waals surface area contributed by atoms with Crippen LogP contribution in [-0.4, -0.2) is 49.9 Å². The molecule has 2 atom stereocenters. The number of nitrogens with zero attached hydrogens (tertiary/aromatic N) is 3. The van der Waals surface area contributed by atoms with Crippen LogP contribution in [0.25, 0.3) is 10.9 Å². The molecule has 1 saturated heterocycles. The lowest BCUT2D eigenvalue weighted by atomic mass is 9.97. The number of amides is 3. The number of carbonyl (C=O) groups is 2. The number of fused-ring (bicyclic) bond motifs is 1. The van der Waals surface area contributed by atoms with Crippen LogP contribution in [0.1, 0.15) is 54.9 Å². The molecule has 6 heteroatoms. The molecule has 29 heavy (non-hydrogen) atoms. The van der Waals surface area contributed by atoms with E-state index in [9.17, 15) is 9.59 Å². The highest BCUT2D eigenvalue weighted by atomic mass is 16.2. The molecule has 0 saturated carbocycles. The second-order valence-corrected chi connectivity index (χ2v) is 9.81. The molecule has 1 aromatic carbocycles. The van der Waals surface area contributed by atoms with Gasteiger partial charge in [-0.05, 0) is 60.6 Å². The van der Waals surface area contributed by atoms with E-state index in [4.69, 9.17) is 0 Å². The minimum atomic E-state index is -0.378. The smallest absolute Gasteiger partial charge is 0.321 e. The molecule has 3 rings (SSSR count). The number of hydrogen-bond donors (Lipinski definition) is 1. The van der Waals surface area contributed by atoms with E-state index in [2.05, 4.69) is 10.3 Å². The summed E-state index contributed by atoms with van der Waals surface area (Å²) in [5.41, 5.74) is 0.769.